The average Bonchev–Trinajstić information content (AvgIpc) is 2.83. The topological polar surface area (TPSA) is 55.8 Å². The molecular formula is C24H38O4. The average molecular weight is 391 g/mol. The highest BCUT2D eigenvalue weighted by molar-refractivity contribution is 5.65. The largest absolute Gasteiger partial charge is 0.465 e. The second-order valence-corrected chi connectivity index (χ2v) is 10.9. The second kappa shape index (κ2) is 6.57. The Morgan fingerprint density at radius 1 is 1.21 bits per heavy atom. The van der Waals surface area contributed by atoms with Crippen LogP contribution in [-0.4, -0.2) is 36.0 Å². The highest BCUT2D eigenvalue weighted by Gasteiger charge is 2.69. The minimum atomic E-state index is -0.319. The molecule has 0 heterocycles. The lowest BCUT2D eigenvalue weighted by Gasteiger charge is -2.64. The third-order valence-electron chi connectivity index (χ3n) is 9.23. The lowest BCUT2D eigenvalue weighted by Crippen LogP contribution is -2.61. The maximum absolute atomic E-state index is 11.5. The van der Waals surface area contributed by atoms with Crippen LogP contribution in [0.25, 0.3) is 0 Å². The summed E-state index contributed by atoms with van der Waals surface area (Å²) in [7, 11) is 0. The summed E-state index contributed by atoms with van der Waals surface area (Å²) in [6.07, 6.45) is 10.7. The Bertz CT molecular complexity index is 674. The van der Waals surface area contributed by atoms with Crippen molar-refractivity contribution in [2.75, 3.05) is 13.2 Å². The number of fused-ring (bicyclic) bond motifs is 3. The molecule has 4 aliphatic rings. The monoisotopic (exact) mass is 390 g/mol. The van der Waals surface area contributed by atoms with Crippen molar-refractivity contribution in [1.29, 1.82) is 0 Å². The molecule has 4 nitrogen and oxygen atoms in total. The lowest BCUT2D eigenvalue weighted by atomic mass is 9.41. The number of aliphatic hydroxyl groups excluding tert-OH is 1. The number of esters is 1. The van der Waals surface area contributed by atoms with Crippen LogP contribution in [0, 0.1) is 34.0 Å². The molecule has 4 heteroatoms. The van der Waals surface area contributed by atoms with Crippen molar-refractivity contribution in [2.24, 2.45) is 34.0 Å². The van der Waals surface area contributed by atoms with Crippen LogP contribution in [0.15, 0.2) is 12.2 Å². The van der Waals surface area contributed by atoms with Crippen LogP contribution in [0.1, 0.15) is 73.1 Å². The van der Waals surface area contributed by atoms with Gasteiger partial charge in [-0.3, -0.25) is 4.79 Å². The van der Waals surface area contributed by atoms with Crippen molar-refractivity contribution < 1.29 is 19.4 Å². The van der Waals surface area contributed by atoms with Gasteiger partial charge in [-0.1, -0.05) is 32.4 Å². The van der Waals surface area contributed by atoms with Gasteiger partial charge in [-0.15, -0.1) is 0 Å². The molecule has 4 rings (SSSR count). The predicted octanol–water partition coefficient (Wildman–Crippen LogP) is 4.50. The highest BCUT2D eigenvalue weighted by Crippen LogP contribution is 2.71. The predicted molar refractivity (Wildman–Crippen MR) is 109 cm³/mol. The molecule has 1 spiro atoms. The van der Waals surface area contributed by atoms with Gasteiger partial charge < -0.3 is 14.6 Å². The van der Waals surface area contributed by atoms with Crippen molar-refractivity contribution in [1.82, 2.24) is 0 Å². The third kappa shape index (κ3) is 2.74. The zero-order chi connectivity index (χ0) is 20.4. The van der Waals surface area contributed by atoms with Gasteiger partial charge in [-0.05, 0) is 63.2 Å². The molecule has 0 aromatic heterocycles. The molecule has 3 fully saturated rings. The van der Waals surface area contributed by atoms with E-state index in [1.165, 1.54) is 13.3 Å². The van der Waals surface area contributed by atoms with Gasteiger partial charge in [0.1, 0.15) is 0 Å². The van der Waals surface area contributed by atoms with E-state index in [-0.39, 0.29) is 33.9 Å². The molecular weight excluding hydrogens is 352 g/mol. The Hall–Kier alpha value is -0.870. The molecule has 0 unspecified atom stereocenters. The number of aliphatic hydroxyl groups is 1. The minimum absolute atomic E-state index is 0.0617. The summed E-state index contributed by atoms with van der Waals surface area (Å²) in [6.45, 7) is 11.7. The van der Waals surface area contributed by atoms with E-state index in [1.807, 2.05) is 0 Å². The Labute approximate surface area is 170 Å². The minimum Gasteiger partial charge on any atom is -0.465 e. The van der Waals surface area contributed by atoms with Crippen LogP contribution in [-0.2, 0) is 14.3 Å². The molecule has 0 radical (unpaired) electrons. The maximum Gasteiger partial charge on any atom is 0.302 e. The molecule has 0 saturated heterocycles. The number of rotatable bonds is 4. The number of ether oxygens (including phenoxy) is 2. The zero-order valence-electron chi connectivity index (χ0n) is 18.3. The van der Waals surface area contributed by atoms with E-state index < -0.39 is 0 Å². The highest BCUT2D eigenvalue weighted by atomic mass is 16.5. The first-order valence-corrected chi connectivity index (χ1v) is 11.2. The molecule has 8 atom stereocenters. The number of carbonyl (C=O) groups excluding carboxylic acids is 1. The van der Waals surface area contributed by atoms with Gasteiger partial charge in [0.15, 0.2) is 0 Å². The van der Waals surface area contributed by atoms with Crippen molar-refractivity contribution >= 4 is 5.97 Å². The van der Waals surface area contributed by atoms with E-state index in [1.54, 1.807) is 0 Å². The zero-order valence-corrected chi connectivity index (χ0v) is 18.3. The SMILES string of the molecule is CCO[C@]1(C)C[C@]23C[C@H]1C=C[C@H]2[C@]1(C)CCC[C@](C)(COC(C)=O)[C@@H]1C[C@@H]3O. The van der Waals surface area contributed by atoms with Crippen molar-refractivity contribution in [2.45, 2.75) is 84.8 Å². The summed E-state index contributed by atoms with van der Waals surface area (Å²) >= 11 is 0. The first-order valence-electron chi connectivity index (χ1n) is 11.2. The standard InChI is InChI=1S/C24H38O4/c1-6-28-23(5)14-24-13-17(23)8-9-18(24)22(4)11-7-10-21(3,15-27-16(2)25)19(22)12-20(24)26/h8-9,17-20,26H,6-7,10-15H2,1-5H3/t17-,18+,19+,20+,21-,22+,23-,24-/m1/s1. The number of carbonyl (C=O) groups is 1. The molecule has 3 saturated carbocycles. The second-order valence-electron chi connectivity index (χ2n) is 10.9. The molecule has 28 heavy (non-hydrogen) atoms. The van der Waals surface area contributed by atoms with Gasteiger partial charge in [0, 0.05) is 30.3 Å². The van der Waals surface area contributed by atoms with Gasteiger partial charge in [-0.25, -0.2) is 0 Å². The molecule has 158 valence electrons. The maximum atomic E-state index is 11.5. The molecule has 0 amide bonds. The molecule has 1 N–H and O–H groups in total. The molecule has 0 aromatic rings. The number of hydrogen-bond donors (Lipinski definition) is 1. The van der Waals surface area contributed by atoms with E-state index >= 15 is 0 Å². The summed E-state index contributed by atoms with van der Waals surface area (Å²) in [4.78, 5) is 11.5. The number of allylic oxidation sites excluding steroid dienone is 1. The summed E-state index contributed by atoms with van der Waals surface area (Å²) in [5, 5.41) is 11.5. The quantitative estimate of drug-likeness (QED) is 0.567. The smallest absolute Gasteiger partial charge is 0.302 e. The first-order chi connectivity index (χ1) is 13.1. The van der Waals surface area contributed by atoms with Gasteiger partial charge in [0.05, 0.1) is 18.3 Å². The fourth-order valence-electron chi connectivity index (χ4n) is 8.09. The van der Waals surface area contributed by atoms with Gasteiger partial charge in [0.2, 0.25) is 0 Å². The summed E-state index contributed by atoms with van der Waals surface area (Å²) in [6, 6.07) is 0. The van der Waals surface area contributed by atoms with Crippen LogP contribution < -0.4 is 0 Å². The van der Waals surface area contributed by atoms with E-state index in [0.717, 1.165) is 38.7 Å². The van der Waals surface area contributed by atoms with Crippen LogP contribution >= 0.6 is 0 Å². The molecule has 0 aromatic carbocycles. The number of hydrogen-bond acceptors (Lipinski definition) is 4. The van der Waals surface area contributed by atoms with Crippen molar-refractivity contribution in [3.05, 3.63) is 12.2 Å². The Morgan fingerprint density at radius 3 is 2.64 bits per heavy atom. The Balaban J connectivity index is 1.70. The van der Waals surface area contributed by atoms with E-state index in [9.17, 15) is 9.90 Å². The summed E-state index contributed by atoms with van der Waals surface area (Å²) < 4.78 is 11.8. The molecule has 0 aliphatic heterocycles. The fraction of sp³-hybridized carbons (Fsp3) is 0.875. The van der Waals surface area contributed by atoms with E-state index in [4.69, 9.17) is 9.47 Å². The normalized spacial score (nSPS) is 52.1. The Kier molecular flexibility index (Phi) is 4.79. The van der Waals surface area contributed by atoms with Crippen molar-refractivity contribution in [3.63, 3.8) is 0 Å². The van der Waals surface area contributed by atoms with Crippen LogP contribution in [0.4, 0.5) is 0 Å². The molecule has 4 aliphatic carbocycles. The van der Waals surface area contributed by atoms with Gasteiger partial charge in [0.25, 0.3) is 0 Å². The first kappa shape index (κ1) is 20.4. The van der Waals surface area contributed by atoms with Crippen molar-refractivity contribution in [3.8, 4) is 0 Å². The van der Waals surface area contributed by atoms with Crippen LogP contribution in [0.5, 0.6) is 0 Å². The van der Waals surface area contributed by atoms with Gasteiger partial charge in [-0.2, -0.15) is 0 Å². The Morgan fingerprint density at radius 2 is 1.96 bits per heavy atom. The van der Waals surface area contributed by atoms with Gasteiger partial charge >= 0.3 is 5.97 Å². The summed E-state index contributed by atoms with van der Waals surface area (Å²) in [5.41, 5.74) is -0.173. The third-order valence-corrected chi connectivity index (χ3v) is 9.23. The van der Waals surface area contributed by atoms with E-state index in [0.29, 0.717) is 24.4 Å². The lowest BCUT2D eigenvalue weighted by molar-refractivity contribution is -0.193. The fourth-order valence-corrected chi connectivity index (χ4v) is 8.09. The molecule has 2 bridgehead atoms. The van der Waals surface area contributed by atoms with Crippen LogP contribution in [0.2, 0.25) is 0 Å². The summed E-state index contributed by atoms with van der Waals surface area (Å²) in [5.74, 6) is 0.919. The van der Waals surface area contributed by atoms with E-state index in [2.05, 4.69) is 39.8 Å². The van der Waals surface area contributed by atoms with Crippen LogP contribution in [0.3, 0.4) is 0 Å².